The molecule has 1 rings (SSSR count). The first kappa shape index (κ1) is 15.6. The number of rotatable bonds is 7. The van der Waals surface area contributed by atoms with Crippen LogP contribution in [0.3, 0.4) is 0 Å². The summed E-state index contributed by atoms with van der Waals surface area (Å²) in [4.78, 5) is 13.5. The summed E-state index contributed by atoms with van der Waals surface area (Å²) in [5, 5.41) is 2.75. The Kier molecular flexibility index (Phi) is 6.45. The minimum Gasteiger partial charge on any atom is -0.356 e. The van der Waals surface area contributed by atoms with Gasteiger partial charge in [-0.15, -0.1) is 0 Å². The van der Waals surface area contributed by atoms with Crippen molar-refractivity contribution in [3.8, 4) is 0 Å². The Labute approximate surface area is 113 Å². The Morgan fingerprint density at radius 2 is 2.16 bits per heavy atom. The van der Waals surface area contributed by atoms with E-state index in [9.17, 15) is 9.18 Å². The van der Waals surface area contributed by atoms with E-state index in [1.807, 2.05) is 18.9 Å². The third kappa shape index (κ3) is 4.96. The van der Waals surface area contributed by atoms with E-state index in [4.69, 9.17) is 5.73 Å². The maximum atomic E-state index is 13.6. The highest BCUT2D eigenvalue weighted by atomic mass is 19.1. The molecule has 0 radical (unpaired) electrons. The van der Waals surface area contributed by atoms with Crippen molar-refractivity contribution in [3.05, 3.63) is 35.6 Å². The fourth-order valence-electron chi connectivity index (χ4n) is 1.93. The zero-order valence-corrected chi connectivity index (χ0v) is 11.5. The summed E-state index contributed by atoms with van der Waals surface area (Å²) in [5.41, 5.74) is 6.30. The Hall–Kier alpha value is -1.46. The van der Waals surface area contributed by atoms with E-state index in [2.05, 4.69) is 5.32 Å². The lowest BCUT2D eigenvalue weighted by Gasteiger charge is -2.26. The molecule has 5 heteroatoms. The van der Waals surface area contributed by atoms with E-state index in [0.29, 0.717) is 31.6 Å². The number of benzene rings is 1. The molecule has 1 aromatic carbocycles. The molecule has 0 spiro atoms. The molecule has 0 heterocycles. The van der Waals surface area contributed by atoms with E-state index in [1.165, 1.54) is 6.07 Å². The first-order valence-electron chi connectivity index (χ1n) is 6.48. The second kappa shape index (κ2) is 7.86. The summed E-state index contributed by atoms with van der Waals surface area (Å²) in [6, 6.07) is 6.54. The summed E-state index contributed by atoms with van der Waals surface area (Å²) in [6.07, 6.45) is 0.329. The standard InChI is InChI=1S/C14H22FN3O/c1-3-17-14(19)8-12(9-16)18(2)10-11-6-4-5-7-13(11)15/h4-7,12H,3,8-10,16H2,1-2H3,(H,17,19). The third-order valence-corrected chi connectivity index (χ3v) is 3.07. The Bertz CT molecular complexity index is 411. The molecule has 0 bridgehead atoms. The average molecular weight is 267 g/mol. The van der Waals surface area contributed by atoms with Crippen LogP contribution < -0.4 is 11.1 Å². The second-order valence-corrected chi connectivity index (χ2v) is 4.55. The molecule has 1 atom stereocenters. The lowest BCUT2D eigenvalue weighted by molar-refractivity contribution is -0.122. The van der Waals surface area contributed by atoms with Crippen LogP contribution in [0.5, 0.6) is 0 Å². The van der Waals surface area contributed by atoms with Crippen LogP contribution in [0.15, 0.2) is 24.3 Å². The van der Waals surface area contributed by atoms with Crippen molar-refractivity contribution in [2.24, 2.45) is 5.73 Å². The predicted molar refractivity (Wildman–Crippen MR) is 74.0 cm³/mol. The van der Waals surface area contributed by atoms with Gasteiger partial charge in [-0.05, 0) is 20.0 Å². The number of hydrogen-bond donors (Lipinski definition) is 2. The number of carbonyl (C=O) groups is 1. The highest BCUT2D eigenvalue weighted by Crippen LogP contribution is 2.11. The highest BCUT2D eigenvalue weighted by molar-refractivity contribution is 5.76. The Morgan fingerprint density at radius 3 is 2.74 bits per heavy atom. The first-order chi connectivity index (χ1) is 9.08. The van der Waals surface area contributed by atoms with Crippen molar-refractivity contribution in [3.63, 3.8) is 0 Å². The molecule has 1 aromatic rings. The maximum absolute atomic E-state index is 13.6. The van der Waals surface area contributed by atoms with Gasteiger partial charge in [0.05, 0.1) is 0 Å². The number of hydrogen-bond acceptors (Lipinski definition) is 3. The van der Waals surface area contributed by atoms with Gasteiger partial charge in [-0.1, -0.05) is 18.2 Å². The van der Waals surface area contributed by atoms with Crippen molar-refractivity contribution in [2.45, 2.75) is 25.9 Å². The van der Waals surface area contributed by atoms with Gasteiger partial charge in [-0.25, -0.2) is 4.39 Å². The minimum atomic E-state index is -0.233. The number of halogens is 1. The van der Waals surface area contributed by atoms with Crippen molar-refractivity contribution in [1.82, 2.24) is 10.2 Å². The normalized spacial score (nSPS) is 12.5. The zero-order valence-electron chi connectivity index (χ0n) is 11.5. The SMILES string of the molecule is CCNC(=O)CC(CN)N(C)Cc1ccccc1F. The lowest BCUT2D eigenvalue weighted by Crippen LogP contribution is -2.41. The first-order valence-corrected chi connectivity index (χ1v) is 6.48. The van der Waals surface area contributed by atoms with Gasteiger partial charge in [0.2, 0.25) is 5.91 Å². The molecule has 0 aliphatic rings. The van der Waals surface area contributed by atoms with Crippen molar-refractivity contribution >= 4 is 5.91 Å². The van der Waals surface area contributed by atoms with E-state index < -0.39 is 0 Å². The fourth-order valence-corrected chi connectivity index (χ4v) is 1.93. The summed E-state index contributed by atoms with van der Waals surface area (Å²) in [7, 11) is 1.85. The van der Waals surface area contributed by atoms with Gasteiger partial charge in [0.1, 0.15) is 5.82 Å². The molecule has 106 valence electrons. The molecule has 0 aliphatic heterocycles. The van der Waals surface area contributed by atoms with E-state index in [0.717, 1.165) is 0 Å². The van der Waals surface area contributed by atoms with Crippen LogP contribution in [-0.4, -0.2) is 37.0 Å². The molecule has 4 nitrogen and oxygen atoms in total. The Balaban J connectivity index is 2.61. The van der Waals surface area contributed by atoms with E-state index >= 15 is 0 Å². The maximum Gasteiger partial charge on any atom is 0.221 e. The van der Waals surface area contributed by atoms with Crippen LogP contribution >= 0.6 is 0 Å². The fraction of sp³-hybridized carbons (Fsp3) is 0.500. The average Bonchev–Trinajstić information content (AvgIpc) is 2.39. The van der Waals surface area contributed by atoms with Crippen LogP contribution in [0.4, 0.5) is 4.39 Å². The quantitative estimate of drug-likeness (QED) is 0.778. The summed E-state index contributed by atoms with van der Waals surface area (Å²) < 4.78 is 13.6. The van der Waals surface area contributed by atoms with E-state index in [1.54, 1.807) is 18.2 Å². The van der Waals surface area contributed by atoms with Crippen molar-refractivity contribution < 1.29 is 9.18 Å². The molecule has 19 heavy (non-hydrogen) atoms. The summed E-state index contributed by atoms with van der Waals surface area (Å²) in [6.45, 7) is 3.28. The van der Waals surface area contributed by atoms with Crippen molar-refractivity contribution in [2.75, 3.05) is 20.1 Å². The van der Waals surface area contributed by atoms with Crippen LogP contribution in [0.1, 0.15) is 18.9 Å². The molecule has 1 amide bonds. The molecule has 0 saturated carbocycles. The number of nitrogens with one attached hydrogen (secondary N) is 1. The van der Waals surface area contributed by atoms with Crippen LogP contribution in [0.25, 0.3) is 0 Å². The lowest BCUT2D eigenvalue weighted by atomic mass is 10.1. The number of likely N-dealkylation sites (N-methyl/N-ethyl adjacent to an activating group) is 1. The van der Waals surface area contributed by atoms with Gasteiger partial charge in [0, 0.05) is 37.7 Å². The Morgan fingerprint density at radius 1 is 1.47 bits per heavy atom. The zero-order chi connectivity index (χ0) is 14.3. The molecule has 3 N–H and O–H groups in total. The molecule has 0 fully saturated rings. The smallest absolute Gasteiger partial charge is 0.221 e. The molecule has 1 unspecified atom stereocenters. The number of amides is 1. The second-order valence-electron chi connectivity index (χ2n) is 4.55. The summed E-state index contributed by atoms with van der Waals surface area (Å²) in [5.74, 6) is -0.263. The molecule has 0 aliphatic carbocycles. The van der Waals surface area contributed by atoms with Gasteiger partial charge in [0.15, 0.2) is 0 Å². The van der Waals surface area contributed by atoms with Crippen LogP contribution in [0.2, 0.25) is 0 Å². The predicted octanol–water partition coefficient (Wildman–Crippen LogP) is 1.11. The highest BCUT2D eigenvalue weighted by Gasteiger charge is 2.17. The van der Waals surface area contributed by atoms with Gasteiger partial charge in [-0.2, -0.15) is 0 Å². The van der Waals surface area contributed by atoms with Crippen LogP contribution in [0, 0.1) is 5.82 Å². The molecular formula is C14H22FN3O. The van der Waals surface area contributed by atoms with Gasteiger partial charge in [-0.3, -0.25) is 9.69 Å². The van der Waals surface area contributed by atoms with Crippen molar-refractivity contribution in [1.29, 1.82) is 0 Å². The third-order valence-electron chi connectivity index (χ3n) is 3.07. The number of nitrogens with zero attached hydrogens (tertiary/aromatic N) is 1. The molecular weight excluding hydrogens is 245 g/mol. The number of carbonyl (C=O) groups excluding carboxylic acids is 1. The summed E-state index contributed by atoms with van der Waals surface area (Å²) >= 11 is 0. The van der Waals surface area contributed by atoms with Gasteiger partial charge < -0.3 is 11.1 Å². The van der Waals surface area contributed by atoms with Gasteiger partial charge in [0.25, 0.3) is 0 Å². The van der Waals surface area contributed by atoms with Gasteiger partial charge >= 0.3 is 0 Å². The number of nitrogens with two attached hydrogens (primary N) is 1. The molecule has 0 saturated heterocycles. The monoisotopic (exact) mass is 267 g/mol. The molecule has 0 aromatic heterocycles. The van der Waals surface area contributed by atoms with Crippen LogP contribution in [-0.2, 0) is 11.3 Å². The largest absolute Gasteiger partial charge is 0.356 e. The minimum absolute atomic E-state index is 0.0293. The topological polar surface area (TPSA) is 58.4 Å². The van der Waals surface area contributed by atoms with E-state index in [-0.39, 0.29) is 17.8 Å².